The Balaban J connectivity index is 0.000000104. The molecule has 118 heavy (non-hydrogen) atoms. The van der Waals surface area contributed by atoms with Gasteiger partial charge in [-0.1, -0.05) is 261 Å². The van der Waals surface area contributed by atoms with Gasteiger partial charge in [-0.15, -0.1) is 0 Å². The molecule has 0 N–H and O–H groups in total. The van der Waals surface area contributed by atoms with Crippen LogP contribution in [0.4, 0.5) is 0 Å². The van der Waals surface area contributed by atoms with Gasteiger partial charge in [-0.05, 0) is 196 Å². The van der Waals surface area contributed by atoms with Crippen LogP contribution in [0.15, 0.2) is 431 Å². The maximum atomic E-state index is 4.92. The Kier molecular flexibility index (Phi) is 16.1. The second-order valence-corrected chi connectivity index (χ2v) is 30.2. The highest BCUT2D eigenvalue weighted by Crippen LogP contribution is 2.47. The summed E-state index contributed by atoms with van der Waals surface area (Å²) >= 11 is 0. The van der Waals surface area contributed by atoms with E-state index in [4.69, 9.17) is 15.0 Å². The molecule has 0 saturated heterocycles. The van der Waals surface area contributed by atoms with Gasteiger partial charge in [0, 0.05) is 117 Å². The van der Waals surface area contributed by atoms with Crippen LogP contribution in [0.25, 0.3) is 210 Å². The highest BCUT2D eigenvalue weighted by Gasteiger charge is 2.26. The highest BCUT2D eigenvalue weighted by molar-refractivity contribution is 6.29. The van der Waals surface area contributed by atoms with E-state index in [1.54, 1.807) is 0 Å². The van der Waals surface area contributed by atoms with Gasteiger partial charge >= 0.3 is 0 Å². The maximum absolute atomic E-state index is 4.92. The monoisotopic (exact) mass is 1510 g/mol. The molecule has 16 aromatic carbocycles. The smallest absolute Gasteiger partial charge is 0.145 e. The Hall–Kier alpha value is -16.0. The molecule has 0 saturated carbocycles. The van der Waals surface area contributed by atoms with E-state index < -0.39 is 0 Å². The number of pyridine rings is 3. The lowest BCUT2D eigenvalue weighted by molar-refractivity contribution is 1.13. The molecule has 0 radical (unpaired) electrons. The van der Waals surface area contributed by atoms with Gasteiger partial charge in [-0.3, -0.25) is 13.7 Å². The van der Waals surface area contributed by atoms with Crippen LogP contribution in [0.2, 0.25) is 0 Å². The van der Waals surface area contributed by atoms with Crippen LogP contribution in [0.5, 0.6) is 0 Å². The fourth-order valence-electron chi connectivity index (χ4n) is 18.6. The molecule has 0 fully saturated rings. The average Bonchev–Trinajstić information content (AvgIpc) is 1.56. The molecule has 0 aliphatic heterocycles. The second-order valence-electron chi connectivity index (χ2n) is 30.2. The maximum Gasteiger partial charge on any atom is 0.145 e. The summed E-state index contributed by atoms with van der Waals surface area (Å²) in [6.07, 6.45) is 5.66. The molecule has 9 nitrogen and oxygen atoms in total. The van der Waals surface area contributed by atoms with Crippen LogP contribution < -0.4 is 0 Å². The van der Waals surface area contributed by atoms with Crippen molar-refractivity contribution in [2.24, 2.45) is 0 Å². The first-order chi connectivity index (χ1) is 58.6. The minimum atomic E-state index is 0.959. The zero-order chi connectivity index (χ0) is 77.7. The zero-order valence-corrected chi connectivity index (χ0v) is 64.0. The van der Waals surface area contributed by atoms with Gasteiger partial charge < -0.3 is 13.7 Å². The summed E-state index contributed by atoms with van der Waals surface area (Å²) in [6.45, 7) is 0. The summed E-state index contributed by atoms with van der Waals surface area (Å²) in [5.74, 6) is 0. The summed E-state index contributed by atoms with van der Waals surface area (Å²) in [4.78, 5) is 14.6. The van der Waals surface area contributed by atoms with Gasteiger partial charge in [0.15, 0.2) is 0 Å². The van der Waals surface area contributed by atoms with Gasteiger partial charge in [0.25, 0.3) is 0 Å². The van der Waals surface area contributed by atoms with E-state index in [1.807, 2.05) is 36.8 Å². The summed E-state index contributed by atoms with van der Waals surface area (Å²) < 4.78 is 14.2. The van der Waals surface area contributed by atoms with Crippen LogP contribution in [0.1, 0.15) is 0 Å². The fraction of sp³-hybridized carbons (Fsp3) is 0. The minimum absolute atomic E-state index is 0.959. The molecular formula is C109H71N9. The van der Waals surface area contributed by atoms with E-state index in [1.165, 1.54) is 126 Å². The van der Waals surface area contributed by atoms with Crippen LogP contribution in [-0.2, 0) is 0 Å². The predicted octanol–water partition coefficient (Wildman–Crippen LogP) is 28.0. The van der Waals surface area contributed by atoms with E-state index >= 15 is 0 Å². The molecule has 0 bridgehead atoms. The largest absolute Gasteiger partial charge is 0.309 e. The molecule has 0 unspecified atom stereocenters. The quantitative estimate of drug-likeness (QED) is 0.145. The molecule has 0 amide bonds. The number of rotatable bonds is 9. The van der Waals surface area contributed by atoms with Crippen molar-refractivity contribution in [1.29, 1.82) is 0 Å². The third-order valence-corrected chi connectivity index (χ3v) is 23.6. The summed E-state index contributed by atoms with van der Waals surface area (Å²) in [6, 6.07) is 147. The molecule has 0 aliphatic rings. The Labute approximate surface area is 678 Å². The number of nitrogens with zero attached hydrogens (tertiary/aromatic N) is 9. The number of para-hydroxylation sites is 6. The van der Waals surface area contributed by atoms with E-state index in [-0.39, 0.29) is 0 Å². The first kappa shape index (κ1) is 67.7. The SMILES string of the molecule is c1ccc(-c2cc(-c3ccccc3)cc(-n3c4ccccc4c4ccc5c(c6cccnc6n5-c5ccccc5)c43)c2)cc1.c1ccc(-c2cccc(-n3c4ccccc4c4ccc5c(c6cccnc6n5-c5ccccc5)c43)c2)cc1.c1ccc(-n2c3ccc4c5ccccc5n(-c5ccc6ccccc6c5)c4c3c3cccnc32)cc1. The second kappa shape index (κ2) is 28.0. The van der Waals surface area contributed by atoms with E-state index in [9.17, 15) is 0 Å². The summed E-state index contributed by atoms with van der Waals surface area (Å²) in [5, 5.41) is 17.1. The Morgan fingerprint density at radius 3 is 0.864 bits per heavy atom. The lowest BCUT2D eigenvalue weighted by Crippen LogP contribution is -1.97. The van der Waals surface area contributed by atoms with Gasteiger partial charge in [-0.2, -0.15) is 0 Å². The number of hydrogen-bond acceptors (Lipinski definition) is 3. The Morgan fingerprint density at radius 2 is 0.458 bits per heavy atom. The molecular weight excluding hydrogens is 1440 g/mol. The standard InChI is InChI=1S/C41H27N3.C35H23N3.C33H21N3/c1-4-13-28(14-5-1)30-25-31(29-15-6-2-7-16-29)27-33(26-30)43-37-21-11-10-19-34(37)35-22-23-38-39(40(35)43)36-20-12-24-42-41(36)44(38)32-17-8-3-9-18-32;1-3-11-24(12-4-1)25-13-9-16-27(23-25)37-31-19-8-7-17-28(31)29-20-21-32-33(34(29)37)30-18-10-22-36-35(30)38(32)26-14-5-2-6-15-26;1-2-11-24(12-3-1)36-30-19-18-27-26-13-6-7-15-29(26)35(25-17-16-22-9-4-5-10-23(22)21-25)32(27)31(30)28-14-8-20-34-33(28)36/h1-27H;1-23H;1-21H. The number of benzene rings is 16. The van der Waals surface area contributed by atoms with Crippen LogP contribution in [0.3, 0.4) is 0 Å². The topological polar surface area (TPSA) is 68.2 Å². The van der Waals surface area contributed by atoms with Crippen LogP contribution in [0, 0.1) is 0 Å². The Morgan fingerprint density at radius 1 is 0.153 bits per heavy atom. The van der Waals surface area contributed by atoms with Crippen LogP contribution >= 0.6 is 0 Å². The lowest BCUT2D eigenvalue weighted by Gasteiger charge is -2.14. The van der Waals surface area contributed by atoms with E-state index in [0.717, 1.165) is 83.8 Å². The van der Waals surface area contributed by atoms with Crippen molar-refractivity contribution < 1.29 is 0 Å². The molecule has 0 aliphatic carbocycles. The number of fused-ring (bicyclic) bond motifs is 22. The molecule has 9 aromatic heterocycles. The first-order valence-corrected chi connectivity index (χ1v) is 40.1. The van der Waals surface area contributed by atoms with Crippen molar-refractivity contribution in [3.8, 4) is 67.5 Å². The molecule has 9 heteroatoms. The number of hydrogen-bond donors (Lipinski definition) is 0. The molecule has 0 spiro atoms. The van der Waals surface area contributed by atoms with Crippen molar-refractivity contribution in [1.82, 2.24) is 42.4 Å². The van der Waals surface area contributed by atoms with Gasteiger partial charge in [0.05, 0.1) is 49.7 Å². The number of aromatic nitrogens is 9. The molecule has 25 aromatic rings. The van der Waals surface area contributed by atoms with Crippen LogP contribution in [-0.4, -0.2) is 42.4 Å². The normalized spacial score (nSPS) is 11.7. The Bertz CT molecular complexity index is 8160. The highest BCUT2D eigenvalue weighted by atomic mass is 15.1. The molecule has 25 rings (SSSR count). The lowest BCUT2D eigenvalue weighted by atomic mass is 9.98. The predicted molar refractivity (Wildman–Crippen MR) is 493 cm³/mol. The zero-order valence-electron chi connectivity index (χ0n) is 64.0. The van der Waals surface area contributed by atoms with Gasteiger partial charge in [0.2, 0.25) is 0 Å². The van der Waals surface area contributed by atoms with Crippen molar-refractivity contribution >= 4 is 142 Å². The summed E-state index contributed by atoms with van der Waals surface area (Å²) in [7, 11) is 0. The van der Waals surface area contributed by atoms with E-state index in [2.05, 4.69) is 422 Å². The van der Waals surface area contributed by atoms with Crippen molar-refractivity contribution in [2.45, 2.75) is 0 Å². The van der Waals surface area contributed by atoms with E-state index in [0.29, 0.717) is 0 Å². The minimum Gasteiger partial charge on any atom is -0.309 e. The van der Waals surface area contributed by atoms with Gasteiger partial charge in [0.1, 0.15) is 16.9 Å². The van der Waals surface area contributed by atoms with Crippen molar-refractivity contribution in [2.75, 3.05) is 0 Å². The third-order valence-electron chi connectivity index (χ3n) is 23.6. The van der Waals surface area contributed by atoms with Gasteiger partial charge in [-0.25, -0.2) is 15.0 Å². The van der Waals surface area contributed by atoms with Crippen molar-refractivity contribution in [3.63, 3.8) is 0 Å². The molecule has 552 valence electrons. The summed E-state index contributed by atoms with van der Waals surface area (Å²) in [5.41, 5.74) is 27.5. The average molecular weight is 1510 g/mol. The molecule has 9 heterocycles. The fourth-order valence-corrected chi connectivity index (χ4v) is 18.6. The first-order valence-electron chi connectivity index (χ1n) is 40.1. The van der Waals surface area contributed by atoms with Crippen molar-refractivity contribution in [3.05, 3.63) is 431 Å². The molecule has 0 atom stereocenters. The third kappa shape index (κ3) is 11.0.